The monoisotopic (exact) mass is 464 g/mol. The molecule has 0 aliphatic rings. The van der Waals surface area contributed by atoms with Crippen LogP contribution in [0.4, 0.5) is 5.69 Å². The number of carbonyl (C=O) groups is 1. The maximum atomic E-state index is 13.6. The molecule has 3 rings (SSSR count). The number of carbonyl (C=O) groups excluding carboxylic acids is 1. The van der Waals surface area contributed by atoms with E-state index < -0.39 is 10.0 Å². The second-order valence-corrected chi connectivity index (χ2v) is 10.6. The van der Waals surface area contributed by atoms with Gasteiger partial charge in [-0.05, 0) is 93.1 Å². The average Bonchev–Trinajstić information content (AvgIpc) is 2.76. The number of aryl methyl sites for hydroxylation is 5. The summed E-state index contributed by atoms with van der Waals surface area (Å²) >= 11 is 0. The number of nitrogens with zero attached hydrogens (tertiary/aromatic N) is 1. The van der Waals surface area contributed by atoms with Crippen LogP contribution in [0.2, 0.25) is 0 Å². The van der Waals surface area contributed by atoms with Gasteiger partial charge in [-0.25, -0.2) is 8.42 Å². The maximum absolute atomic E-state index is 13.6. The largest absolute Gasteiger partial charge is 0.348 e. The molecule has 0 heterocycles. The van der Waals surface area contributed by atoms with Crippen LogP contribution in [0.15, 0.2) is 65.6 Å². The van der Waals surface area contributed by atoms with Crippen molar-refractivity contribution in [3.8, 4) is 0 Å². The van der Waals surface area contributed by atoms with Crippen molar-refractivity contribution >= 4 is 21.6 Å². The van der Waals surface area contributed by atoms with E-state index >= 15 is 0 Å². The van der Waals surface area contributed by atoms with Crippen molar-refractivity contribution in [3.05, 3.63) is 94.0 Å². The van der Waals surface area contributed by atoms with Crippen LogP contribution in [0.5, 0.6) is 0 Å². The first-order valence-electron chi connectivity index (χ1n) is 11.0. The molecule has 1 amide bonds. The molecule has 0 saturated heterocycles. The van der Waals surface area contributed by atoms with Crippen LogP contribution >= 0.6 is 0 Å². The van der Waals surface area contributed by atoms with E-state index in [0.717, 1.165) is 27.8 Å². The highest BCUT2D eigenvalue weighted by Gasteiger charge is 2.29. The molecule has 33 heavy (non-hydrogen) atoms. The second kappa shape index (κ2) is 9.79. The SMILES string of the molecule is Cc1ccc(C)c(N(CC(=O)N[C@@H](C)c2cc(C)c(C)cc2C)S(=O)(=O)c2ccccc2)c1. The third kappa shape index (κ3) is 5.45. The number of rotatable bonds is 7. The Balaban J connectivity index is 1.94. The number of amides is 1. The Kier molecular flexibility index (Phi) is 7.28. The van der Waals surface area contributed by atoms with Crippen LogP contribution in [0, 0.1) is 34.6 Å². The van der Waals surface area contributed by atoms with E-state index in [9.17, 15) is 13.2 Å². The lowest BCUT2D eigenvalue weighted by molar-refractivity contribution is -0.120. The summed E-state index contributed by atoms with van der Waals surface area (Å²) in [5.74, 6) is -0.361. The Morgan fingerprint density at radius 2 is 1.48 bits per heavy atom. The van der Waals surface area contributed by atoms with Gasteiger partial charge in [-0.1, -0.05) is 42.5 Å². The standard InChI is InChI=1S/C27H32N2O3S/c1-18-12-13-19(2)26(14-18)29(33(31,32)24-10-8-7-9-11-24)17-27(30)28-23(6)25-16-21(4)20(3)15-22(25)5/h7-16,23H,17H2,1-6H3,(H,28,30)/t23-/m0/s1. The second-order valence-electron chi connectivity index (χ2n) is 8.70. The third-order valence-corrected chi connectivity index (χ3v) is 7.75. The number of anilines is 1. The molecule has 0 bridgehead atoms. The van der Waals surface area contributed by atoms with Crippen LogP contribution in [0.3, 0.4) is 0 Å². The zero-order valence-corrected chi connectivity index (χ0v) is 21.0. The summed E-state index contributed by atoms with van der Waals surface area (Å²) in [6.45, 7) is 11.5. The molecule has 6 heteroatoms. The Hall–Kier alpha value is -3.12. The van der Waals surface area contributed by atoms with Crippen LogP contribution in [0.25, 0.3) is 0 Å². The number of nitrogens with one attached hydrogen (secondary N) is 1. The number of sulfonamides is 1. The Morgan fingerprint density at radius 3 is 2.15 bits per heavy atom. The third-order valence-electron chi connectivity index (χ3n) is 5.98. The zero-order chi connectivity index (χ0) is 24.3. The van der Waals surface area contributed by atoms with Gasteiger partial charge >= 0.3 is 0 Å². The Bertz CT molecular complexity index is 1270. The van der Waals surface area contributed by atoms with Gasteiger partial charge < -0.3 is 5.32 Å². The molecule has 0 unspecified atom stereocenters. The lowest BCUT2D eigenvalue weighted by Crippen LogP contribution is -2.42. The minimum atomic E-state index is -3.94. The van der Waals surface area contributed by atoms with Crippen LogP contribution in [-0.2, 0) is 14.8 Å². The molecule has 1 N–H and O–H groups in total. The molecule has 0 saturated carbocycles. The van der Waals surface area contributed by atoms with Crippen LogP contribution in [0.1, 0.15) is 46.3 Å². The molecule has 3 aromatic carbocycles. The highest BCUT2D eigenvalue weighted by atomic mass is 32.2. The Labute approximate surface area is 197 Å². The fraction of sp³-hybridized carbons (Fsp3) is 0.296. The van der Waals surface area contributed by atoms with E-state index in [-0.39, 0.29) is 23.4 Å². The summed E-state index contributed by atoms with van der Waals surface area (Å²) in [7, 11) is -3.94. The van der Waals surface area contributed by atoms with Gasteiger partial charge in [0.25, 0.3) is 10.0 Å². The summed E-state index contributed by atoms with van der Waals surface area (Å²) < 4.78 is 28.3. The first-order valence-corrected chi connectivity index (χ1v) is 12.5. The van der Waals surface area contributed by atoms with E-state index in [0.29, 0.717) is 5.69 Å². The van der Waals surface area contributed by atoms with Crippen molar-refractivity contribution in [2.45, 2.75) is 52.5 Å². The molecular formula is C27H32N2O3S. The topological polar surface area (TPSA) is 66.5 Å². The average molecular weight is 465 g/mol. The summed E-state index contributed by atoms with van der Waals surface area (Å²) in [5.41, 5.74) is 6.67. The minimum Gasteiger partial charge on any atom is -0.348 e. The molecule has 0 aromatic heterocycles. The molecule has 5 nitrogen and oxygen atoms in total. The molecule has 3 aromatic rings. The van der Waals surface area contributed by atoms with E-state index in [2.05, 4.69) is 24.4 Å². The van der Waals surface area contributed by atoms with Gasteiger partial charge in [0.2, 0.25) is 5.91 Å². The predicted octanol–water partition coefficient (Wildman–Crippen LogP) is 5.30. The molecule has 0 aliphatic heterocycles. The Morgan fingerprint density at radius 1 is 0.848 bits per heavy atom. The number of hydrogen-bond donors (Lipinski definition) is 1. The van der Waals surface area contributed by atoms with Crippen molar-refractivity contribution in [3.63, 3.8) is 0 Å². The quantitative estimate of drug-likeness (QED) is 0.516. The molecule has 174 valence electrons. The lowest BCUT2D eigenvalue weighted by atomic mass is 9.96. The van der Waals surface area contributed by atoms with Crippen LogP contribution < -0.4 is 9.62 Å². The molecule has 0 fully saturated rings. The highest BCUT2D eigenvalue weighted by molar-refractivity contribution is 7.92. The van der Waals surface area contributed by atoms with Crippen LogP contribution in [-0.4, -0.2) is 20.9 Å². The summed E-state index contributed by atoms with van der Waals surface area (Å²) in [6, 6.07) is 17.8. The van der Waals surface area contributed by atoms with E-state index in [1.54, 1.807) is 36.4 Å². The molecule has 1 atom stereocenters. The van der Waals surface area contributed by atoms with Gasteiger partial charge in [0.05, 0.1) is 16.6 Å². The lowest BCUT2D eigenvalue weighted by Gasteiger charge is -2.27. The van der Waals surface area contributed by atoms with E-state index in [4.69, 9.17) is 0 Å². The summed E-state index contributed by atoms with van der Waals surface area (Å²) in [5, 5.41) is 3.00. The van der Waals surface area contributed by atoms with Crippen molar-refractivity contribution in [1.82, 2.24) is 5.32 Å². The van der Waals surface area contributed by atoms with Gasteiger partial charge in [0, 0.05) is 0 Å². The van der Waals surface area contributed by atoms with Crippen molar-refractivity contribution in [2.75, 3.05) is 10.8 Å². The number of hydrogen-bond acceptors (Lipinski definition) is 3. The normalized spacial score (nSPS) is 12.3. The van der Waals surface area contributed by atoms with E-state index in [1.807, 2.05) is 46.8 Å². The summed E-state index contributed by atoms with van der Waals surface area (Å²) in [4.78, 5) is 13.3. The van der Waals surface area contributed by atoms with Gasteiger partial charge in [0.1, 0.15) is 6.54 Å². The van der Waals surface area contributed by atoms with Crippen molar-refractivity contribution < 1.29 is 13.2 Å². The zero-order valence-electron chi connectivity index (χ0n) is 20.1. The highest BCUT2D eigenvalue weighted by Crippen LogP contribution is 2.28. The minimum absolute atomic E-state index is 0.150. The smallest absolute Gasteiger partial charge is 0.264 e. The molecular weight excluding hydrogens is 432 g/mol. The molecule has 0 radical (unpaired) electrons. The van der Waals surface area contributed by atoms with Crippen molar-refractivity contribution in [1.29, 1.82) is 0 Å². The molecule has 0 aliphatic carbocycles. The van der Waals surface area contributed by atoms with E-state index in [1.165, 1.54) is 9.87 Å². The van der Waals surface area contributed by atoms with Gasteiger partial charge in [-0.2, -0.15) is 0 Å². The fourth-order valence-electron chi connectivity index (χ4n) is 3.95. The first kappa shape index (κ1) is 24.5. The first-order chi connectivity index (χ1) is 15.5. The van der Waals surface area contributed by atoms with Gasteiger partial charge in [0.15, 0.2) is 0 Å². The maximum Gasteiger partial charge on any atom is 0.264 e. The predicted molar refractivity (Wildman–Crippen MR) is 134 cm³/mol. The number of benzene rings is 3. The van der Waals surface area contributed by atoms with Gasteiger partial charge in [-0.3, -0.25) is 9.10 Å². The molecule has 0 spiro atoms. The van der Waals surface area contributed by atoms with Gasteiger partial charge in [-0.15, -0.1) is 0 Å². The van der Waals surface area contributed by atoms with Crippen molar-refractivity contribution in [2.24, 2.45) is 0 Å². The fourth-order valence-corrected chi connectivity index (χ4v) is 5.45. The summed E-state index contributed by atoms with van der Waals surface area (Å²) in [6.07, 6.45) is 0.